The maximum Gasteiger partial charge on any atom is 0.220 e. The van der Waals surface area contributed by atoms with Gasteiger partial charge in [-0.15, -0.1) is 12.4 Å². The first kappa shape index (κ1) is 19.8. The number of amides is 1. The van der Waals surface area contributed by atoms with Crippen molar-refractivity contribution in [1.29, 1.82) is 0 Å². The molecule has 1 aromatic rings. The minimum Gasteiger partial charge on any atom is -0.496 e. The van der Waals surface area contributed by atoms with Gasteiger partial charge in [0.25, 0.3) is 0 Å². The number of methoxy groups -OCH3 is 1. The van der Waals surface area contributed by atoms with Crippen LogP contribution in [-0.2, 0) is 11.3 Å². The third kappa shape index (κ3) is 5.40. The molecule has 1 saturated carbocycles. The first-order valence-corrected chi connectivity index (χ1v) is 8.19. The van der Waals surface area contributed by atoms with Crippen molar-refractivity contribution in [1.82, 2.24) is 5.32 Å². The molecule has 0 radical (unpaired) electrons. The Morgan fingerprint density at radius 3 is 2.61 bits per heavy atom. The van der Waals surface area contributed by atoms with Gasteiger partial charge in [-0.1, -0.05) is 31.4 Å². The van der Waals surface area contributed by atoms with E-state index in [-0.39, 0.29) is 23.7 Å². The van der Waals surface area contributed by atoms with Crippen LogP contribution in [0.4, 0.5) is 0 Å². The number of aryl methyl sites for hydroxylation is 1. The van der Waals surface area contributed by atoms with Gasteiger partial charge in [-0.25, -0.2) is 0 Å². The zero-order valence-electron chi connectivity index (χ0n) is 14.2. The van der Waals surface area contributed by atoms with E-state index in [9.17, 15) is 4.79 Å². The molecule has 1 aliphatic rings. The SMILES string of the molecule is COc1cc(C)ccc1CNC(=O)CC1(CN)CCCCC1.Cl. The molecule has 0 aliphatic heterocycles. The van der Waals surface area contributed by atoms with Crippen molar-refractivity contribution in [3.05, 3.63) is 29.3 Å². The second-order valence-corrected chi connectivity index (χ2v) is 6.53. The number of carbonyl (C=O) groups is 1. The Hall–Kier alpha value is -1.26. The number of hydrogen-bond donors (Lipinski definition) is 2. The molecule has 1 aliphatic carbocycles. The van der Waals surface area contributed by atoms with Crippen molar-refractivity contribution in [3.63, 3.8) is 0 Å². The molecule has 0 bridgehead atoms. The van der Waals surface area contributed by atoms with Crippen molar-refractivity contribution >= 4 is 18.3 Å². The highest BCUT2D eigenvalue weighted by atomic mass is 35.5. The van der Waals surface area contributed by atoms with Crippen molar-refractivity contribution < 1.29 is 9.53 Å². The Morgan fingerprint density at radius 1 is 1.30 bits per heavy atom. The van der Waals surface area contributed by atoms with Crippen LogP contribution in [0.2, 0.25) is 0 Å². The molecule has 5 heteroatoms. The Balaban J connectivity index is 0.00000264. The minimum absolute atomic E-state index is 0. The zero-order chi connectivity index (χ0) is 16.0. The monoisotopic (exact) mass is 340 g/mol. The van der Waals surface area contributed by atoms with Gasteiger partial charge in [0.2, 0.25) is 5.91 Å². The first-order valence-electron chi connectivity index (χ1n) is 8.19. The van der Waals surface area contributed by atoms with Crippen LogP contribution in [0.1, 0.15) is 49.7 Å². The van der Waals surface area contributed by atoms with Crippen molar-refractivity contribution in [2.45, 2.75) is 52.0 Å². The molecule has 4 nitrogen and oxygen atoms in total. The zero-order valence-corrected chi connectivity index (χ0v) is 15.0. The fourth-order valence-corrected chi connectivity index (χ4v) is 3.35. The fraction of sp³-hybridized carbons (Fsp3) is 0.611. The Bertz CT molecular complexity index is 514. The van der Waals surface area contributed by atoms with Gasteiger partial charge in [0, 0.05) is 18.5 Å². The second-order valence-electron chi connectivity index (χ2n) is 6.53. The number of nitrogens with two attached hydrogens (primary N) is 1. The summed E-state index contributed by atoms with van der Waals surface area (Å²) in [6, 6.07) is 6.03. The molecule has 130 valence electrons. The molecule has 0 atom stereocenters. The van der Waals surface area contributed by atoms with Gasteiger partial charge >= 0.3 is 0 Å². The third-order valence-corrected chi connectivity index (χ3v) is 4.80. The van der Waals surface area contributed by atoms with Crippen molar-refractivity contribution in [3.8, 4) is 5.75 Å². The summed E-state index contributed by atoms with van der Waals surface area (Å²) >= 11 is 0. The summed E-state index contributed by atoms with van der Waals surface area (Å²) < 4.78 is 5.38. The average molecular weight is 341 g/mol. The van der Waals surface area contributed by atoms with Gasteiger partial charge in [-0.3, -0.25) is 4.79 Å². The minimum atomic E-state index is 0. The van der Waals surface area contributed by atoms with Crippen LogP contribution in [0, 0.1) is 12.3 Å². The van der Waals surface area contributed by atoms with Gasteiger partial charge in [-0.2, -0.15) is 0 Å². The standard InChI is InChI=1S/C18H28N2O2.ClH/c1-14-6-7-15(16(10-14)22-2)12-20-17(21)11-18(13-19)8-4-3-5-9-18;/h6-7,10H,3-5,8-9,11-13,19H2,1-2H3,(H,20,21);1H. The first-order chi connectivity index (χ1) is 10.6. The second kappa shape index (κ2) is 9.14. The topological polar surface area (TPSA) is 64.3 Å². The van der Waals surface area contributed by atoms with Gasteiger partial charge in [0.05, 0.1) is 7.11 Å². The Labute approximate surface area is 145 Å². The maximum absolute atomic E-state index is 12.3. The lowest BCUT2D eigenvalue weighted by molar-refractivity contribution is -0.124. The van der Waals surface area contributed by atoms with Crippen LogP contribution in [0.15, 0.2) is 18.2 Å². The van der Waals surface area contributed by atoms with E-state index < -0.39 is 0 Å². The van der Waals surface area contributed by atoms with Gasteiger partial charge in [0.15, 0.2) is 0 Å². The predicted molar refractivity (Wildman–Crippen MR) is 96.0 cm³/mol. The summed E-state index contributed by atoms with van der Waals surface area (Å²) in [4.78, 5) is 12.3. The van der Waals surface area contributed by atoms with E-state index >= 15 is 0 Å². The van der Waals surface area contributed by atoms with E-state index in [2.05, 4.69) is 5.32 Å². The summed E-state index contributed by atoms with van der Waals surface area (Å²) in [6.45, 7) is 3.14. The number of hydrogen-bond acceptors (Lipinski definition) is 3. The molecule has 0 heterocycles. The highest BCUT2D eigenvalue weighted by Gasteiger charge is 2.32. The normalized spacial score (nSPS) is 16.3. The lowest BCUT2D eigenvalue weighted by atomic mass is 9.71. The van der Waals surface area contributed by atoms with Gasteiger partial charge < -0.3 is 15.8 Å². The van der Waals surface area contributed by atoms with E-state index in [4.69, 9.17) is 10.5 Å². The predicted octanol–water partition coefficient (Wildman–Crippen LogP) is 3.34. The summed E-state index contributed by atoms with van der Waals surface area (Å²) in [5.41, 5.74) is 8.13. The molecule has 1 aromatic carbocycles. The largest absolute Gasteiger partial charge is 0.496 e. The Morgan fingerprint density at radius 2 is 2.00 bits per heavy atom. The smallest absolute Gasteiger partial charge is 0.220 e. The molecular weight excluding hydrogens is 312 g/mol. The molecule has 0 aromatic heterocycles. The number of benzene rings is 1. The number of ether oxygens (including phenoxy) is 1. The third-order valence-electron chi connectivity index (χ3n) is 4.80. The van der Waals surface area contributed by atoms with Crippen LogP contribution in [0.25, 0.3) is 0 Å². The lowest BCUT2D eigenvalue weighted by Crippen LogP contribution is -2.38. The molecule has 2 rings (SSSR count). The van der Waals surface area contributed by atoms with E-state index in [1.807, 2.05) is 25.1 Å². The molecule has 0 saturated heterocycles. The maximum atomic E-state index is 12.3. The van der Waals surface area contributed by atoms with Crippen LogP contribution in [0.3, 0.4) is 0 Å². The molecule has 1 amide bonds. The van der Waals surface area contributed by atoms with E-state index in [0.29, 0.717) is 19.5 Å². The molecule has 3 N–H and O–H groups in total. The fourth-order valence-electron chi connectivity index (χ4n) is 3.35. The number of rotatable bonds is 6. The highest BCUT2D eigenvalue weighted by molar-refractivity contribution is 5.85. The summed E-state index contributed by atoms with van der Waals surface area (Å²) in [7, 11) is 1.66. The van der Waals surface area contributed by atoms with Gasteiger partial charge in [0.1, 0.15) is 5.75 Å². The molecule has 1 fully saturated rings. The van der Waals surface area contributed by atoms with E-state index in [0.717, 1.165) is 29.7 Å². The lowest BCUT2D eigenvalue weighted by Gasteiger charge is -2.35. The van der Waals surface area contributed by atoms with Crippen LogP contribution < -0.4 is 15.8 Å². The van der Waals surface area contributed by atoms with Gasteiger partial charge in [-0.05, 0) is 43.4 Å². The number of halogens is 1. The number of carbonyl (C=O) groups excluding carboxylic acids is 1. The van der Waals surface area contributed by atoms with Crippen LogP contribution in [0.5, 0.6) is 5.75 Å². The molecular formula is C18H29ClN2O2. The summed E-state index contributed by atoms with van der Waals surface area (Å²) in [6.07, 6.45) is 6.34. The highest BCUT2D eigenvalue weighted by Crippen LogP contribution is 2.38. The summed E-state index contributed by atoms with van der Waals surface area (Å²) in [5, 5.41) is 3.03. The average Bonchev–Trinajstić information content (AvgIpc) is 2.54. The molecule has 0 spiro atoms. The van der Waals surface area contributed by atoms with Crippen LogP contribution >= 0.6 is 12.4 Å². The van der Waals surface area contributed by atoms with E-state index in [1.165, 1.54) is 19.3 Å². The summed E-state index contributed by atoms with van der Waals surface area (Å²) in [5.74, 6) is 0.918. The molecule has 23 heavy (non-hydrogen) atoms. The van der Waals surface area contributed by atoms with Crippen molar-refractivity contribution in [2.24, 2.45) is 11.1 Å². The van der Waals surface area contributed by atoms with Crippen LogP contribution in [-0.4, -0.2) is 19.6 Å². The van der Waals surface area contributed by atoms with E-state index in [1.54, 1.807) is 7.11 Å². The Kier molecular flexibility index (Phi) is 7.86. The molecule has 0 unspecified atom stereocenters. The number of nitrogens with one attached hydrogen (secondary N) is 1. The quantitative estimate of drug-likeness (QED) is 0.834. The van der Waals surface area contributed by atoms with Crippen molar-refractivity contribution in [2.75, 3.05) is 13.7 Å².